The van der Waals surface area contributed by atoms with Gasteiger partial charge >= 0.3 is 0 Å². The Morgan fingerprint density at radius 3 is 1.98 bits per heavy atom. The van der Waals surface area contributed by atoms with Crippen molar-refractivity contribution in [2.45, 2.75) is 39.5 Å². The van der Waals surface area contributed by atoms with Crippen LogP contribution in [0.4, 0.5) is 0 Å². The highest BCUT2D eigenvalue weighted by molar-refractivity contribution is 6.09. The molecule has 4 heterocycles. The van der Waals surface area contributed by atoms with Crippen LogP contribution in [0.5, 0.6) is 0 Å². The number of nitrogens with zero attached hydrogens (tertiary/aromatic N) is 4. The Bertz CT molecular complexity index is 2370. The minimum atomic E-state index is 0.273. The van der Waals surface area contributed by atoms with Crippen LogP contribution in [-0.2, 0) is 0 Å². The number of aromatic nitrogens is 4. The molecule has 0 atom stereocenters. The van der Waals surface area contributed by atoms with Crippen molar-refractivity contribution in [3.63, 3.8) is 0 Å². The second kappa shape index (κ2) is 10.6. The molecule has 0 radical (unpaired) electrons. The Kier molecular flexibility index (Phi) is 6.42. The molecule has 4 aromatic heterocycles. The number of pyridine rings is 2. The van der Waals surface area contributed by atoms with Gasteiger partial charge in [0.1, 0.15) is 16.8 Å². The first-order chi connectivity index (χ1) is 21.9. The van der Waals surface area contributed by atoms with Gasteiger partial charge in [-0.1, -0.05) is 113 Å². The number of fused-ring (bicyclic) bond motifs is 6. The summed E-state index contributed by atoms with van der Waals surface area (Å²) in [6.45, 7) is 8.74. The molecule has 5 heteroatoms. The quantitative estimate of drug-likeness (QED) is 0.188. The fourth-order valence-corrected chi connectivity index (χ4v) is 6.07. The lowest BCUT2D eigenvalue weighted by molar-refractivity contribution is 0.667. The standard InChI is InChI=1S/C40H32N4O/c1-23(2)32-21-19-26-18-20-29-31(22-33(24(3)4)42-37(29)35(26)41-32)25-14-16-27(17-15-25)36-39-38(30-12-8-9-13-34(30)45-39)44-40(43-36)28-10-6-5-7-11-28/h5-24H,1-4H3. The third-order valence-corrected chi connectivity index (χ3v) is 8.58. The molecule has 5 nitrogen and oxygen atoms in total. The molecule has 0 bridgehead atoms. The van der Waals surface area contributed by atoms with Crippen molar-refractivity contribution in [2.24, 2.45) is 0 Å². The van der Waals surface area contributed by atoms with Gasteiger partial charge < -0.3 is 4.42 Å². The van der Waals surface area contributed by atoms with Crippen LogP contribution in [0.25, 0.3) is 77.6 Å². The van der Waals surface area contributed by atoms with E-state index in [0.29, 0.717) is 17.3 Å². The maximum absolute atomic E-state index is 6.37. The van der Waals surface area contributed by atoms with E-state index in [2.05, 4.69) is 88.4 Å². The molecule has 0 saturated heterocycles. The zero-order valence-corrected chi connectivity index (χ0v) is 25.7. The van der Waals surface area contributed by atoms with E-state index in [1.54, 1.807) is 0 Å². The zero-order chi connectivity index (χ0) is 30.7. The van der Waals surface area contributed by atoms with Gasteiger partial charge in [-0.05, 0) is 47.2 Å². The molecular formula is C40H32N4O. The largest absolute Gasteiger partial charge is 0.452 e. The molecule has 8 aromatic rings. The average molecular weight is 585 g/mol. The first kappa shape index (κ1) is 27.2. The Morgan fingerprint density at radius 2 is 1.20 bits per heavy atom. The van der Waals surface area contributed by atoms with Crippen molar-refractivity contribution in [3.05, 3.63) is 121 Å². The molecule has 0 aliphatic heterocycles. The maximum atomic E-state index is 6.37. The molecule has 0 fully saturated rings. The normalized spacial score (nSPS) is 12.0. The summed E-state index contributed by atoms with van der Waals surface area (Å²) in [6.07, 6.45) is 0. The van der Waals surface area contributed by atoms with E-state index in [0.717, 1.165) is 77.6 Å². The number of furan rings is 1. The predicted molar refractivity (Wildman–Crippen MR) is 184 cm³/mol. The summed E-state index contributed by atoms with van der Waals surface area (Å²) in [5.74, 6) is 1.29. The predicted octanol–water partition coefficient (Wildman–Crippen LogP) is 10.7. The Morgan fingerprint density at radius 1 is 0.511 bits per heavy atom. The van der Waals surface area contributed by atoms with Gasteiger partial charge in [0.2, 0.25) is 0 Å². The lowest BCUT2D eigenvalue weighted by Gasteiger charge is -2.15. The van der Waals surface area contributed by atoms with Gasteiger partial charge in [0.05, 0.1) is 11.0 Å². The van der Waals surface area contributed by atoms with Gasteiger partial charge in [-0.15, -0.1) is 0 Å². The van der Waals surface area contributed by atoms with E-state index < -0.39 is 0 Å². The summed E-state index contributed by atoms with van der Waals surface area (Å²) in [6, 6.07) is 37.6. The number of benzene rings is 4. The monoisotopic (exact) mass is 584 g/mol. The number of hydrogen-bond donors (Lipinski definition) is 0. The highest BCUT2D eigenvalue weighted by atomic mass is 16.3. The summed E-state index contributed by atoms with van der Waals surface area (Å²) in [5.41, 5.74) is 11.3. The molecule has 8 rings (SSSR count). The maximum Gasteiger partial charge on any atom is 0.180 e. The van der Waals surface area contributed by atoms with E-state index in [1.165, 1.54) is 0 Å². The van der Waals surface area contributed by atoms with Crippen LogP contribution in [0.15, 0.2) is 114 Å². The minimum Gasteiger partial charge on any atom is -0.452 e. The second-order valence-corrected chi connectivity index (χ2v) is 12.3. The summed E-state index contributed by atoms with van der Waals surface area (Å²) in [5, 5.41) is 3.19. The molecule has 0 saturated carbocycles. The van der Waals surface area contributed by atoms with Gasteiger partial charge in [0.15, 0.2) is 11.4 Å². The van der Waals surface area contributed by atoms with Crippen molar-refractivity contribution < 1.29 is 4.42 Å². The van der Waals surface area contributed by atoms with Gasteiger partial charge in [0.25, 0.3) is 0 Å². The minimum absolute atomic E-state index is 0.273. The van der Waals surface area contributed by atoms with Gasteiger partial charge in [0, 0.05) is 38.7 Å². The zero-order valence-electron chi connectivity index (χ0n) is 25.7. The smallest absolute Gasteiger partial charge is 0.180 e. The molecule has 0 spiro atoms. The SMILES string of the molecule is CC(C)c1ccc2ccc3c(-c4ccc(-c5nc(-c6ccccc6)nc6c5oc5ccccc56)cc4)cc(C(C)C)nc3c2n1. The van der Waals surface area contributed by atoms with E-state index in [4.69, 9.17) is 24.4 Å². The van der Waals surface area contributed by atoms with Crippen LogP contribution in [0.1, 0.15) is 50.9 Å². The topological polar surface area (TPSA) is 64.7 Å². The molecule has 45 heavy (non-hydrogen) atoms. The molecular weight excluding hydrogens is 552 g/mol. The summed E-state index contributed by atoms with van der Waals surface area (Å²) in [7, 11) is 0. The number of hydrogen-bond acceptors (Lipinski definition) is 5. The Labute approximate surface area is 261 Å². The number of rotatable bonds is 5. The third kappa shape index (κ3) is 4.63. The molecule has 0 unspecified atom stereocenters. The van der Waals surface area contributed by atoms with Crippen molar-refractivity contribution in [3.8, 4) is 33.8 Å². The molecule has 4 aromatic carbocycles. The van der Waals surface area contributed by atoms with Gasteiger partial charge in [-0.3, -0.25) is 9.97 Å². The summed E-state index contributed by atoms with van der Waals surface area (Å²) < 4.78 is 6.37. The van der Waals surface area contributed by atoms with Crippen molar-refractivity contribution in [1.29, 1.82) is 0 Å². The van der Waals surface area contributed by atoms with Crippen molar-refractivity contribution in [2.75, 3.05) is 0 Å². The first-order valence-electron chi connectivity index (χ1n) is 15.5. The molecule has 0 aliphatic rings. The Hall–Kier alpha value is -5.42. The number of para-hydroxylation sites is 1. The van der Waals surface area contributed by atoms with Crippen LogP contribution < -0.4 is 0 Å². The van der Waals surface area contributed by atoms with Crippen molar-refractivity contribution in [1.82, 2.24) is 19.9 Å². The lowest BCUT2D eigenvalue weighted by Crippen LogP contribution is -1.99. The van der Waals surface area contributed by atoms with Gasteiger partial charge in [-0.2, -0.15) is 0 Å². The molecule has 0 aliphatic carbocycles. The van der Waals surface area contributed by atoms with E-state index in [1.807, 2.05) is 48.5 Å². The fourth-order valence-electron chi connectivity index (χ4n) is 6.07. The van der Waals surface area contributed by atoms with Gasteiger partial charge in [-0.25, -0.2) is 9.97 Å². The van der Waals surface area contributed by atoms with Crippen LogP contribution >= 0.6 is 0 Å². The summed E-state index contributed by atoms with van der Waals surface area (Å²) in [4.78, 5) is 20.3. The van der Waals surface area contributed by atoms with Crippen LogP contribution in [0.3, 0.4) is 0 Å². The van der Waals surface area contributed by atoms with E-state index in [-0.39, 0.29) is 5.92 Å². The van der Waals surface area contributed by atoms with Crippen LogP contribution in [-0.4, -0.2) is 19.9 Å². The highest BCUT2D eigenvalue weighted by Crippen LogP contribution is 2.38. The first-order valence-corrected chi connectivity index (χ1v) is 15.5. The lowest BCUT2D eigenvalue weighted by atomic mass is 9.95. The average Bonchev–Trinajstić information content (AvgIpc) is 3.46. The van der Waals surface area contributed by atoms with Crippen molar-refractivity contribution >= 4 is 43.9 Å². The molecule has 218 valence electrons. The van der Waals surface area contributed by atoms with Crippen LogP contribution in [0, 0.1) is 0 Å². The summed E-state index contributed by atoms with van der Waals surface area (Å²) >= 11 is 0. The second-order valence-electron chi connectivity index (χ2n) is 12.3. The third-order valence-electron chi connectivity index (χ3n) is 8.58. The molecule has 0 amide bonds. The van der Waals surface area contributed by atoms with E-state index in [9.17, 15) is 0 Å². The van der Waals surface area contributed by atoms with Crippen LogP contribution in [0.2, 0.25) is 0 Å². The molecule has 0 N–H and O–H groups in total. The van der Waals surface area contributed by atoms with E-state index >= 15 is 0 Å². The Balaban J connectivity index is 1.31. The fraction of sp³-hybridized carbons (Fsp3) is 0.150. The highest BCUT2D eigenvalue weighted by Gasteiger charge is 2.19.